The molecule has 5 nitrogen and oxygen atoms in total. The molecular weight excluding hydrogens is 388 g/mol. The van der Waals surface area contributed by atoms with Crippen molar-refractivity contribution in [2.24, 2.45) is 5.92 Å². The van der Waals surface area contributed by atoms with E-state index in [4.69, 9.17) is 4.74 Å². The van der Waals surface area contributed by atoms with Crippen molar-refractivity contribution in [3.63, 3.8) is 0 Å². The molecule has 0 saturated carbocycles. The Morgan fingerprint density at radius 1 is 1.24 bits per heavy atom. The predicted molar refractivity (Wildman–Crippen MR) is 104 cm³/mol. The molecule has 0 atom stereocenters. The zero-order valence-corrected chi connectivity index (χ0v) is 17.2. The number of likely N-dealkylation sites (N-methyl/N-ethyl adjacent to an activating group) is 2. The van der Waals surface area contributed by atoms with Crippen LogP contribution >= 0.6 is 0 Å². The minimum absolute atomic E-state index is 0.139. The van der Waals surface area contributed by atoms with Crippen molar-refractivity contribution >= 4 is 0 Å². The average molecular weight is 416 g/mol. The lowest BCUT2D eigenvalue weighted by molar-refractivity contribution is -0.137. The zero-order chi connectivity index (χ0) is 21.6. The Hall–Kier alpha value is -2.13. The van der Waals surface area contributed by atoms with Gasteiger partial charge in [0.15, 0.2) is 11.6 Å². The fraction of sp³-hybridized carbons (Fsp3) is 0.550. The highest BCUT2D eigenvalue weighted by molar-refractivity contribution is 5.69. The molecule has 162 valence electrons. The molecule has 2 rings (SSSR count). The van der Waals surface area contributed by atoms with Gasteiger partial charge in [-0.1, -0.05) is 13.8 Å². The summed E-state index contributed by atoms with van der Waals surface area (Å²) in [5.74, 6) is -0.926. The van der Waals surface area contributed by atoms with Gasteiger partial charge in [-0.15, -0.1) is 0 Å². The summed E-state index contributed by atoms with van der Waals surface area (Å²) in [6.45, 7) is 5.86. The number of hydrogen-bond donors (Lipinski definition) is 2. The van der Waals surface area contributed by atoms with Gasteiger partial charge in [-0.3, -0.25) is 10.00 Å². The third-order valence-corrected chi connectivity index (χ3v) is 4.49. The normalized spacial score (nSPS) is 12.2. The summed E-state index contributed by atoms with van der Waals surface area (Å²) in [6, 6.07) is 1.53. The van der Waals surface area contributed by atoms with Gasteiger partial charge in [0.05, 0.1) is 17.9 Å². The molecule has 0 fully saturated rings. The molecule has 1 heterocycles. The highest BCUT2D eigenvalue weighted by atomic mass is 19.4. The van der Waals surface area contributed by atoms with Crippen LogP contribution in [0.4, 0.5) is 17.6 Å². The Kier molecular flexibility index (Phi) is 8.04. The molecule has 9 heteroatoms. The lowest BCUT2D eigenvalue weighted by atomic mass is 10.0. The Bertz CT molecular complexity index is 789. The Morgan fingerprint density at radius 2 is 1.97 bits per heavy atom. The maximum Gasteiger partial charge on any atom is 0.416 e. The van der Waals surface area contributed by atoms with Crippen LogP contribution in [0.5, 0.6) is 5.75 Å². The Morgan fingerprint density at radius 3 is 2.59 bits per heavy atom. The van der Waals surface area contributed by atoms with Gasteiger partial charge in [-0.2, -0.15) is 18.3 Å². The van der Waals surface area contributed by atoms with Gasteiger partial charge in [0.2, 0.25) is 0 Å². The van der Waals surface area contributed by atoms with Crippen molar-refractivity contribution < 1.29 is 22.3 Å². The number of nitrogens with zero attached hydrogens (tertiary/aromatic N) is 2. The number of halogens is 4. The van der Waals surface area contributed by atoms with E-state index in [0.717, 1.165) is 18.7 Å². The van der Waals surface area contributed by atoms with E-state index in [1.807, 2.05) is 32.8 Å². The molecule has 0 aliphatic rings. The number of alkyl halides is 3. The third kappa shape index (κ3) is 6.43. The first kappa shape index (κ1) is 23.2. The number of nitrogens with one attached hydrogen (secondary N) is 2. The quantitative estimate of drug-likeness (QED) is 0.567. The minimum Gasteiger partial charge on any atom is -0.490 e. The molecule has 0 unspecified atom stereocenters. The molecule has 0 aliphatic heterocycles. The van der Waals surface area contributed by atoms with Gasteiger partial charge in [0.25, 0.3) is 0 Å². The van der Waals surface area contributed by atoms with Crippen molar-refractivity contribution in [1.29, 1.82) is 0 Å². The predicted octanol–water partition coefficient (Wildman–Crippen LogP) is 4.31. The molecule has 0 aliphatic carbocycles. The van der Waals surface area contributed by atoms with Crippen molar-refractivity contribution in [3.05, 3.63) is 35.4 Å². The van der Waals surface area contributed by atoms with Gasteiger partial charge in [-0.25, -0.2) is 4.39 Å². The SMILES string of the molecule is CNCCN(C)Cc1n[nH]cc1-c1cc(C(F)(F)F)cc(OCCC(C)C)c1F. The first-order chi connectivity index (χ1) is 13.6. The van der Waals surface area contributed by atoms with Crippen molar-refractivity contribution in [2.45, 2.75) is 33.0 Å². The van der Waals surface area contributed by atoms with Gasteiger partial charge in [0, 0.05) is 37.0 Å². The van der Waals surface area contributed by atoms with E-state index in [1.54, 1.807) is 0 Å². The minimum atomic E-state index is -4.62. The van der Waals surface area contributed by atoms with Crippen LogP contribution in [-0.2, 0) is 12.7 Å². The first-order valence-electron chi connectivity index (χ1n) is 9.53. The summed E-state index contributed by atoms with van der Waals surface area (Å²) in [5.41, 5.74) is -0.372. The molecule has 0 bridgehead atoms. The number of benzene rings is 1. The molecule has 0 radical (unpaired) electrons. The molecule has 2 aromatic rings. The smallest absolute Gasteiger partial charge is 0.416 e. The highest BCUT2D eigenvalue weighted by Gasteiger charge is 2.33. The van der Waals surface area contributed by atoms with Crippen molar-refractivity contribution in [3.8, 4) is 16.9 Å². The summed E-state index contributed by atoms with van der Waals surface area (Å²) >= 11 is 0. The standard InChI is InChI=1S/C20H28F4N4O/c1-13(2)5-8-29-18-10-14(20(22,23)24)9-15(19(18)21)16-11-26-27-17(16)12-28(4)7-6-25-3/h9-11,13,25H,5-8,12H2,1-4H3,(H,26,27). The number of aromatic amines is 1. The van der Waals surface area contributed by atoms with Crippen LogP contribution < -0.4 is 10.1 Å². The van der Waals surface area contributed by atoms with E-state index in [9.17, 15) is 13.2 Å². The van der Waals surface area contributed by atoms with E-state index < -0.39 is 23.3 Å². The van der Waals surface area contributed by atoms with Crippen LogP contribution in [0.2, 0.25) is 0 Å². The highest BCUT2D eigenvalue weighted by Crippen LogP contribution is 2.39. The van der Waals surface area contributed by atoms with Crippen molar-refractivity contribution in [2.75, 3.05) is 33.8 Å². The van der Waals surface area contributed by atoms with E-state index in [2.05, 4.69) is 15.5 Å². The summed E-state index contributed by atoms with van der Waals surface area (Å²) in [6.07, 6.45) is -2.60. The van der Waals surface area contributed by atoms with Crippen LogP contribution in [0.3, 0.4) is 0 Å². The van der Waals surface area contributed by atoms with E-state index in [0.29, 0.717) is 30.8 Å². The second-order valence-corrected chi connectivity index (χ2v) is 7.45. The second-order valence-electron chi connectivity index (χ2n) is 7.45. The third-order valence-electron chi connectivity index (χ3n) is 4.49. The lowest BCUT2D eigenvalue weighted by Crippen LogP contribution is -2.27. The molecular formula is C20H28F4N4O. The van der Waals surface area contributed by atoms with E-state index >= 15 is 4.39 Å². The Balaban J connectivity index is 2.40. The van der Waals surface area contributed by atoms with Crippen LogP contribution in [-0.4, -0.2) is 48.9 Å². The summed E-state index contributed by atoms with van der Waals surface area (Å²) in [5, 5.41) is 9.77. The maximum atomic E-state index is 15.1. The van der Waals surface area contributed by atoms with Crippen LogP contribution in [0.15, 0.2) is 18.3 Å². The Labute approximate surface area is 168 Å². The fourth-order valence-corrected chi connectivity index (χ4v) is 2.78. The fourth-order valence-electron chi connectivity index (χ4n) is 2.78. The monoisotopic (exact) mass is 416 g/mol. The number of rotatable bonds is 10. The summed E-state index contributed by atoms with van der Waals surface area (Å²) < 4.78 is 60.7. The molecule has 2 N–H and O–H groups in total. The summed E-state index contributed by atoms with van der Waals surface area (Å²) in [4.78, 5) is 1.95. The van der Waals surface area contributed by atoms with Crippen molar-refractivity contribution in [1.82, 2.24) is 20.4 Å². The number of hydrogen-bond acceptors (Lipinski definition) is 4. The van der Waals surface area contributed by atoms with Gasteiger partial charge >= 0.3 is 6.18 Å². The van der Waals surface area contributed by atoms with Crippen LogP contribution in [0, 0.1) is 11.7 Å². The van der Waals surface area contributed by atoms with E-state index in [1.165, 1.54) is 6.20 Å². The molecule has 29 heavy (non-hydrogen) atoms. The second kappa shape index (κ2) is 10.1. The average Bonchev–Trinajstić information content (AvgIpc) is 3.08. The lowest BCUT2D eigenvalue weighted by Gasteiger charge is -2.17. The van der Waals surface area contributed by atoms with E-state index in [-0.39, 0.29) is 18.1 Å². The maximum absolute atomic E-state index is 15.1. The van der Waals surface area contributed by atoms with Gasteiger partial charge < -0.3 is 10.1 Å². The van der Waals surface area contributed by atoms with Crippen LogP contribution in [0.1, 0.15) is 31.5 Å². The molecule has 0 amide bonds. The first-order valence-corrected chi connectivity index (χ1v) is 9.53. The molecule has 0 spiro atoms. The molecule has 1 aromatic heterocycles. The molecule has 0 saturated heterocycles. The number of ether oxygens (including phenoxy) is 1. The summed E-state index contributed by atoms with van der Waals surface area (Å²) in [7, 11) is 3.69. The zero-order valence-electron chi connectivity index (χ0n) is 17.2. The largest absolute Gasteiger partial charge is 0.490 e. The topological polar surface area (TPSA) is 53.2 Å². The van der Waals surface area contributed by atoms with Crippen LogP contribution in [0.25, 0.3) is 11.1 Å². The number of aromatic nitrogens is 2. The van der Waals surface area contributed by atoms with Gasteiger partial charge in [-0.05, 0) is 38.6 Å². The molecule has 1 aromatic carbocycles. The number of H-pyrrole nitrogens is 1. The van der Waals surface area contributed by atoms with Gasteiger partial charge in [0.1, 0.15) is 0 Å².